The van der Waals surface area contributed by atoms with Crippen LogP contribution in [0.25, 0.3) is 0 Å². The molecule has 21 heavy (non-hydrogen) atoms. The number of ether oxygens (including phenoxy) is 1. The number of halogens is 4. The van der Waals surface area contributed by atoms with Crippen molar-refractivity contribution in [2.75, 3.05) is 13.2 Å². The molecule has 4 nitrogen and oxygen atoms in total. The average Bonchev–Trinajstić information content (AvgIpc) is 2.88. The van der Waals surface area contributed by atoms with E-state index in [0.717, 1.165) is 18.6 Å². The summed E-state index contributed by atoms with van der Waals surface area (Å²) in [5.41, 5.74) is -1.20. The van der Waals surface area contributed by atoms with E-state index in [1.165, 1.54) is 6.07 Å². The van der Waals surface area contributed by atoms with Gasteiger partial charge >= 0.3 is 6.18 Å². The molecule has 1 unspecified atom stereocenters. The van der Waals surface area contributed by atoms with E-state index in [4.69, 9.17) is 4.74 Å². The van der Waals surface area contributed by atoms with Gasteiger partial charge in [-0.3, -0.25) is 0 Å². The Balaban J connectivity index is 2.26. The number of nitrogens with one attached hydrogen (secondary N) is 1. The van der Waals surface area contributed by atoms with E-state index in [0.29, 0.717) is 13.0 Å². The van der Waals surface area contributed by atoms with Gasteiger partial charge in [0.25, 0.3) is 0 Å². The molecule has 2 rings (SSSR count). The molecule has 1 aromatic carbocycles. The van der Waals surface area contributed by atoms with Crippen LogP contribution in [0.4, 0.5) is 13.2 Å². The van der Waals surface area contributed by atoms with Gasteiger partial charge in [0.1, 0.15) is 0 Å². The van der Waals surface area contributed by atoms with Gasteiger partial charge in [0.05, 0.1) is 16.6 Å². The van der Waals surface area contributed by atoms with Crippen LogP contribution in [0.1, 0.15) is 18.4 Å². The molecule has 0 saturated carbocycles. The van der Waals surface area contributed by atoms with Gasteiger partial charge in [0, 0.05) is 17.6 Å². The van der Waals surface area contributed by atoms with Gasteiger partial charge in [0.15, 0.2) is 0 Å². The number of hydrogen-bond donors (Lipinski definition) is 1. The summed E-state index contributed by atoms with van der Waals surface area (Å²) in [6.07, 6.45) is -3.53. The zero-order chi connectivity index (χ0) is 15.7. The topological polar surface area (TPSA) is 55.4 Å². The number of alkyl halides is 3. The minimum Gasteiger partial charge on any atom is -0.377 e. The quantitative estimate of drug-likeness (QED) is 0.863. The summed E-state index contributed by atoms with van der Waals surface area (Å²) in [7, 11) is -4.25. The maximum atomic E-state index is 13.0. The summed E-state index contributed by atoms with van der Waals surface area (Å²) >= 11 is 2.91. The van der Waals surface area contributed by atoms with Crippen molar-refractivity contribution in [3.63, 3.8) is 0 Å². The summed E-state index contributed by atoms with van der Waals surface area (Å²) in [6.45, 7) is 0.508. The Kier molecular flexibility index (Phi) is 4.96. The van der Waals surface area contributed by atoms with Crippen molar-refractivity contribution in [1.29, 1.82) is 0 Å². The minimum atomic E-state index is -4.75. The van der Waals surface area contributed by atoms with Crippen molar-refractivity contribution in [3.05, 3.63) is 28.2 Å². The van der Waals surface area contributed by atoms with E-state index >= 15 is 0 Å². The number of sulfonamides is 1. The molecule has 0 radical (unpaired) electrons. The second-order valence-electron chi connectivity index (χ2n) is 4.63. The van der Waals surface area contributed by atoms with Crippen LogP contribution in [0.2, 0.25) is 0 Å². The van der Waals surface area contributed by atoms with Gasteiger partial charge in [-0.15, -0.1) is 0 Å². The Morgan fingerprint density at radius 3 is 2.67 bits per heavy atom. The maximum Gasteiger partial charge on any atom is 0.417 e. The van der Waals surface area contributed by atoms with Crippen LogP contribution >= 0.6 is 15.9 Å². The van der Waals surface area contributed by atoms with Gasteiger partial charge in [-0.1, -0.05) is 15.9 Å². The van der Waals surface area contributed by atoms with E-state index in [1.807, 2.05) is 0 Å². The van der Waals surface area contributed by atoms with Crippen molar-refractivity contribution in [1.82, 2.24) is 4.72 Å². The predicted octanol–water partition coefficient (Wildman–Crippen LogP) is 2.93. The molecule has 1 saturated heterocycles. The third kappa shape index (κ3) is 4.18. The fourth-order valence-electron chi connectivity index (χ4n) is 2.04. The van der Waals surface area contributed by atoms with Gasteiger partial charge < -0.3 is 4.74 Å². The van der Waals surface area contributed by atoms with Crippen LogP contribution in [-0.2, 0) is 20.9 Å². The molecule has 1 aliphatic heterocycles. The average molecular weight is 388 g/mol. The smallest absolute Gasteiger partial charge is 0.377 e. The van der Waals surface area contributed by atoms with Gasteiger partial charge in [-0.25, -0.2) is 13.1 Å². The SMILES string of the molecule is O=S(=O)(NCC1CCCO1)c1ccc(Br)cc1C(F)(F)F. The van der Waals surface area contributed by atoms with E-state index < -0.39 is 26.7 Å². The number of rotatable bonds is 4. The van der Waals surface area contributed by atoms with E-state index in [2.05, 4.69) is 20.7 Å². The minimum absolute atomic E-state index is 0.0320. The monoisotopic (exact) mass is 387 g/mol. The van der Waals surface area contributed by atoms with Gasteiger partial charge in [-0.05, 0) is 31.0 Å². The lowest BCUT2D eigenvalue weighted by molar-refractivity contribution is -0.139. The van der Waals surface area contributed by atoms with Crippen LogP contribution in [0, 0.1) is 0 Å². The normalized spacial score (nSPS) is 19.9. The van der Waals surface area contributed by atoms with Crippen LogP contribution in [0.3, 0.4) is 0 Å². The molecule has 1 atom stereocenters. The summed E-state index contributed by atoms with van der Waals surface area (Å²) in [6, 6.07) is 2.95. The van der Waals surface area contributed by atoms with Gasteiger partial charge in [-0.2, -0.15) is 13.2 Å². The first kappa shape index (κ1) is 16.7. The molecule has 0 amide bonds. The van der Waals surface area contributed by atoms with E-state index in [1.54, 1.807) is 0 Å². The molecule has 0 aromatic heterocycles. The molecule has 0 spiro atoms. The molecular weight excluding hydrogens is 375 g/mol. The molecule has 1 aromatic rings. The standard InChI is InChI=1S/C12H13BrF3NO3S/c13-8-3-4-11(10(6-8)12(14,15)16)21(18,19)17-7-9-2-1-5-20-9/h3-4,6,9,17H,1-2,5,7H2. The van der Waals surface area contributed by atoms with E-state index in [-0.39, 0.29) is 17.1 Å². The molecule has 0 bridgehead atoms. The van der Waals surface area contributed by atoms with Crippen molar-refractivity contribution >= 4 is 26.0 Å². The van der Waals surface area contributed by atoms with Crippen molar-refractivity contribution in [3.8, 4) is 0 Å². The summed E-state index contributed by atoms with van der Waals surface area (Å²) < 4.78 is 70.6. The molecule has 118 valence electrons. The van der Waals surface area contributed by atoms with E-state index in [9.17, 15) is 21.6 Å². The first-order chi connectivity index (χ1) is 9.70. The van der Waals surface area contributed by atoms with Crippen LogP contribution in [0.5, 0.6) is 0 Å². The molecule has 1 aliphatic rings. The zero-order valence-electron chi connectivity index (χ0n) is 10.8. The fourth-order valence-corrected chi connectivity index (χ4v) is 3.68. The molecule has 0 aliphatic carbocycles. The fraction of sp³-hybridized carbons (Fsp3) is 0.500. The third-order valence-corrected chi connectivity index (χ3v) is 5.04. The largest absolute Gasteiger partial charge is 0.417 e. The van der Waals surface area contributed by atoms with Crippen molar-refractivity contribution < 1.29 is 26.3 Å². The first-order valence-corrected chi connectivity index (χ1v) is 8.46. The Morgan fingerprint density at radius 1 is 1.38 bits per heavy atom. The Morgan fingerprint density at radius 2 is 2.10 bits per heavy atom. The van der Waals surface area contributed by atoms with Crippen molar-refractivity contribution in [2.24, 2.45) is 0 Å². The molecule has 1 N–H and O–H groups in total. The Labute approximate surface area is 128 Å². The predicted molar refractivity (Wildman–Crippen MR) is 73.3 cm³/mol. The molecule has 1 fully saturated rings. The molecule has 1 heterocycles. The highest BCUT2D eigenvalue weighted by molar-refractivity contribution is 9.10. The Bertz CT molecular complexity index is 613. The highest BCUT2D eigenvalue weighted by Crippen LogP contribution is 2.35. The van der Waals surface area contributed by atoms with Crippen LogP contribution < -0.4 is 4.72 Å². The highest BCUT2D eigenvalue weighted by Gasteiger charge is 2.37. The molecule has 9 heteroatoms. The maximum absolute atomic E-state index is 13.0. The second-order valence-corrected chi connectivity index (χ2v) is 7.28. The van der Waals surface area contributed by atoms with Crippen LogP contribution in [0.15, 0.2) is 27.6 Å². The lowest BCUT2D eigenvalue weighted by Crippen LogP contribution is -2.33. The number of hydrogen-bond acceptors (Lipinski definition) is 3. The van der Waals surface area contributed by atoms with Crippen LogP contribution in [-0.4, -0.2) is 27.7 Å². The summed E-state index contributed by atoms with van der Waals surface area (Å²) in [4.78, 5) is -0.781. The molecular formula is C12H13BrF3NO3S. The summed E-state index contributed by atoms with van der Waals surface area (Å²) in [5.74, 6) is 0. The highest BCUT2D eigenvalue weighted by atomic mass is 79.9. The first-order valence-electron chi connectivity index (χ1n) is 6.18. The summed E-state index contributed by atoms with van der Waals surface area (Å²) in [5, 5.41) is 0. The van der Waals surface area contributed by atoms with Crippen molar-refractivity contribution in [2.45, 2.75) is 30.0 Å². The van der Waals surface area contributed by atoms with Gasteiger partial charge in [0.2, 0.25) is 10.0 Å². The lowest BCUT2D eigenvalue weighted by atomic mass is 10.2. The Hall–Kier alpha value is -0.640. The zero-order valence-corrected chi connectivity index (χ0v) is 13.2. The second kappa shape index (κ2) is 6.23. The lowest BCUT2D eigenvalue weighted by Gasteiger charge is -2.16. The third-order valence-electron chi connectivity index (χ3n) is 3.06. The number of benzene rings is 1.